The number of rotatable bonds is 5. The number of carbonyl (C=O) groups is 1. The molecule has 0 fully saturated rings. The molecule has 0 spiro atoms. The zero-order valence-corrected chi connectivity index (χ0v) is 17.0. The number of aryl methyl sites for hydroxylation is 1. The van der Waals surface area contributed by atoms with E-state index in [2.05, 4.69) is 16.6 Å². The maximum atomic E-state index is 12.6. The predicted octanol–water partition coefficient (Wildman–Crippen LogP) is 3.62. The molecular formula is C23H21NO4S. The van der Waals surface area contributed by atoms with Crippen molar-refractivity contribution in [2.45, 2.75) is 24.3 Å². The van der Waals surface area contributed by atoms with E-state index in [0.29, 0.717) is 11.3 Å². The summed E-state index contributed by atoms with van der Waals surface area (Å²) < 4.78 is 33.6. The van der Waals surface area contributed by atoms with E-state index in [1.54, 1.807) is 60.7 Å². The summed E-state index contributed by atoms with van der Waals surface area (Å²) in [7, 11) is -3.71. The topological polar surface area (TPSA) is 72.5 Å². The van der Waals surface area contributed by atoms with Crippen molar-refractivity contribution in [2.75, 3.05) is 11.3 Å². The molecule has 0 amide bonds. The fourth-order valence-electron chi connectivity index (χ4n) is 2.63. The molecule has 0 aromatic heterocycles. The molecule has 0 saturated heterocycles. The Morgan fingerprint density at radius 2 is 1.69 bits per heavy atom. The van der Waals surface area contributed by atoms with Crippen LogP contribution in [0.5, 0.6) is 0 Å². The van der Waals surface area contributed by atoms with Gasteiger partial charge in [-0.1, -0.05) is 41.7 Å². The highest BCUT2D eigenvalue weighted by atomic mass is 32.2. The summed E-state index contributed by atoms with van der Waals surface area (Å²) >= 11 is 0. The maximum absolute atomic E-state index is 12.6. The Morgan fingerprint density at radius 3 is 2.38 bits per heavy atom. The summed E-state index contributed by atoms with van der Waals surface area (Å²) in [4.78, 5) is 11.4. The summed E-state index contributed by atoms with van der Waals surface area (Å²) in [6.07, 6.45) is 6.28. The molecule has 2 aromatic rings. The van der Waals surface area contributed by atoms with Gasteiger partial charge in [-0.3, -0.25) is 9.52 Å². The lowest BCUT2D eigenvalue weighted by Gasteiger charge is -2.22. The number of hydrogen-bond acceptors (Lipinski definition) is 4. The van der Waals surface area contributed by atoms with Gasteiger partial charge in [0.25, 0.3) is 10.0 Å². The highest BCUT2D eigenvalue weighted by Gasteiger charge is 2.20. The molecule has 0 heterocycles. The Bertz CT molecular complexity index is 1120. The molecule has 3 rings (SSSR count). The van der Waals surface area contributed by atoms with Gasteiger partial charge in [0, 0.05) is 5.56 Å². The Hall–Kier alpha value is -3.14. The smallest absolute Gasteiger partial charge is 0.261 e. The SMILES string of the molecule is Cc1ccc(S(=O)(=O)Nc2ccccc2C#CCOC2(C)C=CC(=O)C=C2)cc1. The highest BCUT2D eigenvalue weighted by Crippen LogP contribution is 2.20. The van der Waals surface area contributed by atoms with E-state index in [0.717, 1.165) is 5.56 Å². The maximum Gasteiger partial charge on any atom is 0.261 e. The van der Waals surface area contributed by atoms with E-state index >= 15 is 0 Å². The Morgan fingerprint density at radius 1 is 1.03 bits per heavy atom. The molecule has 6 heteroatoms. The van der Waals surface area contributed by atoms with E-state index < -0.39 is 15.6 Å². The molecule has 148 valence electrons. The minimum Gasteiger partial charge on any atom is -0.354 e. The minimum absolute atomic E-state index is 0.0769. The van der Waals surface area contributed by atoms with E-state index in [4.69, 9.17) is 4.74 Å². The molecule has 0 atom stereocenters. The second kappa shape index (κ2) is 8.48. The quantitative estimate of drug-likeness (QED) is 0.769. The van der Waals surface area contributed by atoms with Crippen LogP contribution < -0.4 is 4.72 Å². The third-order valence-electron chi connectivity index (χ3n) is 4.34. The van der Waals surface area contributed by atoms with Gasteiger partial charge in [-0.25, -0.2) is 8.42 Å². The first kappa shape index (κ1) is 20.6. The zero-order valence-electron chi connectivity index (χ0n) is 16.2. The molecule has 0 radical (unpaired) electrons. The van der Waals surface area contributed by atoms with E-state index in [1.807, 2.05) is 13.8 Å². The van der Waals surface area contributed by atoms with Gasteiger partial charge >= 0.3 is 0 Å². The first-order valence-corrected chi connectivity index (χ1v) is 10.5. The van der Waals surface area contributed by atoms with E-state index in [1.165, 1.54) is 12.2 Å². The minimum atomic E-state index is -3.71. The number of nitrogens with one attached hydrogen (secondary N) is 1. The molecule has 1 aliphatic carbocycles. The van der Waals surface area contributed by atoms with Crippen molar-refractivity contribution in [3.63, 3.8) is 0 Å². The fourth-order valence-corrected chi connectivity index (χ4v) is 3.71. The van der Waals surface area contributed by atoms with E-state index in [9.17, 15) is 13.2 Å². The predicted molar refractivity (Wildman–Crippen MR) is 113 cm³/mol. The van der Waals surface area contributed by atoms with Crippen LogP contribution in [0.1, 0.15) is 18.1 Å². The van der Waals surface area contributed by atoms with Crippen molar-refractivity contribution < 1.29 is 17.9 Å². The van der Waals surface area contributed by atoms with Gasteiger partial charge in [0.2, 0.25) is 0 Å². The summed E-state index contributed by atoms with van der Waals surface area (Å²) in [5, 5.41) is 0. The summed E-state index contributed by atoms with van der Waals surface area (Å²) in [6.45, 7) is 3.85. The lowest BCUT2D eigenvalue weighted by atomic mass is 10.00. The molecule has 0 aliphatic heterocycles. The van der Waals surface area contributed by atoms with Gasteiger partial charge in [0.1, 0.15) is 12.2 Å². The third kappa shape index (κ3) is 5.44. The zero-order chi connectivity index (χ0) is 20.9. The summed E-state index contributed by atoms with van der Waals surface area (Å²) in [5.74, 6) is 5.77. The number of ketones is 1. The van der Waals surface area contributed by atoms with Crippen LogP contribution in [0.2, 0.25) is 0 Å². The third-order valence-corrected chi connectivity index (χ3v) is 5.72. The standard InChI is InChI=1S/C23H21NO4S/c1-18-9-11-21(12-10-18)29(26,27)24-22-8-4-3-6-19(22)7-5-17-28-23(2)15-13-20(25)14-16-23/h3-4,6,8-16,24H,17H2,1-2H3. The van der Waals surface area contributed by atoms with Crippen molar-refractivity contribution >= 4 is 21.5 Å². The Balaban J connectivity index is 1.72. The van der Waals surface area contributed by atoms with Crippen molar-refractivity contribution in [3.05, 3.63) is 84.0 Å². The largest absolute Gasteiger partial charge is 0.354 e. The van der Waals surface area contributed by atoms with Gasteiger partial charge in [0.15, 0.2) is 5.78 Å². The lowest BCUT2D eigenvalue weighted by molar-refractivity contribution is -0.110. The first-order valence-electron chi connectivity index (χ1n) is 9.01. The number of ether oxygens (including phenoxy) is 1. The van der Waals surface area contributed by atoms with Crippen molar-refractivity contribution in [2.24, 2.45) is 0 Å². The average Bonchev–Trinajstić information content (AvgIpc) is 2.69. The molecule has 2 aromatic carbocycles. The molecule has 5 nitrogen and oxygen atoms in total. The van der Waals surface area contributed by atoms with Crippen LogP contribution in [0, 0.1) is 18.8 Å². The van der Waals surface area contributed by atoms with Crippen LogP contribution in [0.15, 0.2) is 77.7 Å². The molecule has 0 bridgehead atoms. The normalized spacial score (nSPS) is 14.9. The Labute approximate surface area is 171 Å². The van der Waals surface area contributed by atoms with Crippen LogP contribution in [-0.4, -0.2) is 26.4 Å². The second-order valence-electron chi connectivity index (χ2n) is 6.81. The van der Waals surface area contributed by atoms with Crippen LogP contribution in [0.25, 0.3) is 0 Å². The number of carbonyl (C=O) groups excluding carboxylic acids is 1. The molecule has 1 N–H and O–H groups in total. The molecule has 1 aliphatic rings. The number of para-hydroxylation sites is 1. The van der Waals surface area contributed by atoms with Gasteiger partial charge in [-0.05, 0) is 62.4 Å². The van der Waals surface area contributed by atoms with Crippen LogP contribution in [-0.2, 0) is 19.6 Å². The lowest BCUT2D eigenvalue weighted by Crippen LogP contribution is -2.26. The van der Waals surface area contributed by atoms with Crippen molar-refractivity contribution in [3.8, 4) is 11.8 Å². The number of hydrogen-bond donors (Lipinski definition) is 1. The number of benzene rings is 2. The van der Waals surface area contributed by atoms with Crippen LogP contribution in [0.3, 0.4) is 0 Å². The molecule has 0 unspecified atom stereocenters. The number of sulfonamides is 1. The van der Waals surface area contributed by atoms with Crippen LogP contribution >= 0.6 is 0 Å². The van der Waals surface area contributed by atoms with Gasteiger partial charge < -0.3 is 4.74 Å². The molecule has 0 saturated carbocycles. The monoisotopic (exact) mass is 407 g/mol. The average molecular weight is 407 g/mol. The first-order chi connectivity index (χ1) is 13.8. The highest BCUT2D eigenvalue weighted by molar-refractivity contribution is 7.92. The second-order valence-corrected chi connectivity index (χ2v) is 8.49. The van der Waals surface area contributed by atoms with Crippen molar-refractivity contribution in [1.82, 2.24) is 0 Å². The van der Waals surface area contributed by atoms with Gasteiger partial charge in [-0.15, -0.1) is 0 Å². The van der Waals surface area contributed by atoms with Crippen LogP contribution in [0.4, 0.5) is 5.69 Å². The van der Waals surface area contributed by atoms with Crippen molar-refractivity contribution in [1.29, 1.82) is 0 Å². The number of allylic oxidation sites excluding steroid dienone is 2. The molecule has 29 heavy (non-hydrogen) atoms. The molecular weight excluding hydrogens is 386 g/mol. The summed E-state index contributed by atoms with van der Waals surface area (Å²) in [5.41, 5.74) is 1.24. The van der Waals surface area contributed by atoms with E-state index in [-0.39, 0.29) is 17.3 Å². The summed E-state index contributed by atoms with van der Waals surface area (Å²) in [6, 6.07) is 13.6. The van der Waals surface area contributed by atoms with Gasteiger partial charge in [-0.2, -0.15) is 0 Å². The fraction of sp³-hybridized carbons (Fsp3) is 0.174. The number of anilines is 1. The van der Waals surface area contributed by atoms with Gasteiger partial charge in [0.05, 0.1) is 10.6 Å². The Kier molecular flexibility index (Phi) is 6.02.